The van der Waals surface area contributed by atoms with Crippen molar-refractivity contribution in [2.24, 2.45) is 0 Å². The van der Waals surface area contributed by atoms with Gasteiger partial charge in [0.2, 0.25) is 0 Å². The van der Waals surface area contributed by atoms with Crippen molar-refractivity contribution in [1.29, 1.82) is 0 Å². The second kappa shape index (κ2) is 7.87. The van der Waals surface area contributed by atoms with Crippen molar-refractivity contribution in [3.05, 3.63) is 21.8 Å². The van der Waals surface area contributed by atoms with Crippen LogP contribution in [0.15, 0.2) is 16.7 Å². The molecule has 96 valence electrons. The van der Waals surface area contributed by atoms with E-state index < -0.39 is 0 Å². The molecule has 4 nitrogen and oxygen atoms in total. The molecular formula is C11H17BrClN3O. The molecule has 17 heavy (non-hydrogen) atoms. The molecule has 1 heterocycles. The molecule has 0 unspecified atom stereocenters. The number of hydrogen-bond donors (Lipinski definition) is 1. The number of nitrogens with zero attached hydrogens (tertiary/aromatic N) is 2. The number of hydrogen-bond acceptors (Lipinski definition) is 4. The zero-order chi connectivity index (χ0) is 12.7. The van der Waals surface area contributed by atoms with Crippen LogP contribution in [0.5, 0.6) is 0 Å². The molecule has 1 N–H and O–H groups in total. The van der Waals surface area contributed by atoms with Crippen molar-refractivity contribution in [2.75, 3.05) is 45.7 Å². The molecule has 0 amide bonds. The Morgan fingerprint density at radius 1 is 1.53 bits per heavy atom. The summed E-state index contributed by atoms with van der Waals surface area (Å²) in [6, 6.07) is 1.82. The van der Waals surface area contributed by atoms with Crippen LogP contribution < -0.4 is 5.32 Å². The smallest absolute Gasteiger partial charge is 0.140 e. The Morgan fingerprint density at radius 3 is 2.94 bits per heavy atom. The van der Waals surface area contributed by atoms with Gasteiger partial charge in [0.15, 0.2) is 0 Å². The average molecular weight is 323 g/mol. The maximum atomic E-state index is 5.82. The molecule has 1 aromatic rings. The fourth-order valence-corrected chi connectivity index (χ4v) is 2.05. The number of anilines is 1. The van der Waals surface area contributed by atoms with E-state index in [4.69, 9.17) is 16.3 Å². The molecule has 1 rings (SSSR count). The summed E-state index contributed by atoms with van der Waals surface area (Å²) in [6.07, 6.45) is 1.63. The van der Waals surface area contributed by atoms with Gasteiger partial charge >= 0.3 is 0 Å². The first kappa shape index (κ1) is 14.7. The van der Waals surface area contributed by atoms with E-state index in [1.54, 1.807) is 13.3 Å². The molecular weight excluding hydrogens is 305 g/mol. The Bertz CT molecular complexity index is 351. The summed E-state index contributed by atoms with van der Waals surface area (Å²) >= 11 is 9.23. The van der Waals surface area contributed by atoms with Crippen LogP contribution in [0.2, 0.25) is 5.02 Å². The average Bonchev–Trinajstić information content (AvgIpc) is 2.29. The highest BCUT2D eigenvalue weighted by molar-refractivity contribution is 9.10. The van der Waals surface area contributed by atoms with E-state index in [0.29, 0.717) is 5.02 Å². The Labute approximate surface area is 115 Å². The SMILES string of the molecule is COCCN(C)CCNc1ncc(Cl)cc1Br. The standard InChI is InChI=1S/C11H17BrClN3O/c1-16(5-6-17-2)4-3-14-11-10(12)7-9(13)8-15-11/h7-8H,3-6H2,1-2H3,(H,14,15). The normalized spacial score (nSPS) is 10.9. The summed E-state index contributed by atoms with van der Waals surface area (Å²) in [5.74, 6) is 0.814. The van der Waals surface area contributed by atoms with E-state index in [9.17, 15) is 0 Å². The van der Waals surface area contributed by atoms with Gasteiger partial charge in [0.25, 0.3) is 0 Å². The van der Waals surface area contributed by atoms with Crippen LogP contribution in [0.1, 0.15) is 0 Å². The van der Waals surface area contributed by atoms with Crippen molar-refractivity contribution < 1.29 is 4.74 Å². The van der Waals surface area contributed by atoms with Crippen LogP contribution in [0.4, 0.5) is 5.82 Å². The van der Waals surface area contributed by atoms with Crippen molar-refractivity contribution in [2.45, 2.75) is 0 Å². The molecule has 0 aliphatic rings. The molecule has 0 spiro atoms. The maximum absolute atomic E-state index is 5.82. The highest BCUT2D eigenvalue weighted by atomic mass is 79.9. The van der Waals surface area contributed by atoms with Gasteiger partial charge in [0.05, 0.1) is 16.1 Å². The number of pyridine rings is 1. The van der Waals surface area contributed by atoms with Gasteiger partial charge in [0, 0.05) is 32.9 Å². The third-order valence-electron chi connectivity index (χ3n) is 2.27. The van der Waals surface area contributed by atoms with Crippen molar-refractivity contribution in [3.8, 4) is 0 Å². The van der Waals surface area contributed by atoms with Crippen LogP contribution >= 0.6 is 27.5 Å². The third-order valence-corrected chi connectivity index (χ3v) is 3.08. The van der Waals surface area contributed by atoms with Crippen molar-refractivity contribution >= 4 is 33.3 Å². The molecule has 1 aromatic heterocycles. The molecule has 0 aromatic carbocycles. The minimum Gasteiger partial charge on any atom is -0.383 e. The van der Waals surface area contributed by atoms with E-state index in [0.717, 1.165) is 36.5 Å². The zero-order valence-electron chi connectivity index (χ0n) is 10.0. The van der Waals surface area contributed by atoms with Gasteiger partial charge < -0.3 is 15.0 Å². The predicted molar refractivity (Wildman–Crippen MR) is 74.8 cm³/mol. The van der Waals surface area contributed by atoms with Gasteiger partial charge in [-0.1, -0.05) is 11.6 Å². The predicted octanol–water partition coefficient (Wildman–Crippen LogP) is 2.49. The van der Waals surface area contributed by atoms with Gasteiger partial charge in [-0.3, -0.25) is 0 Å². The second-order valence-corrected chi connectivity index (χ2v) is 5.00. The first-order chi connectivity index (χ1) is 8.13. The van der Waals surface area contributed by atoms with E-state index >= 15 is 0 Å². The lowest BCUT2D eigenvalue weighted by molar-refractivity contribution is 0.163. The minimum atomic E-state index is 0.625. The fourth-order valence-electron chi connectivity index (χ4n) is 1.27. The molecule has 0 atom stereocenters. The quantitative estimate of drug-likeness (QED) is 0.837. The van der Waals surface area contributed by atoms with Crippen LogP contribution in [-0.2, 0) is 4.74 Å². The Balaban J connectivity index is 2.30. The molecule has 0 bridgehead atoms. The monoisotopic (exact) mass is 321 g/mol. The minimum absolute atomic E-state index is 0.625. The zero-order valence-corrected chi connectivity index (χ0v) is 12.4. The Kier molecular flexibility index (Phi) is 6.80. The number of nitrogens with one attached hydrogen (secondary N) is 1. The Morgan fingerprint density at radius 2 is 2.29 bits per heavy atom. The Hall–Kier alpha value is -0.360. The highest BCUT2D eigenvalue weighted by Crippen LogP contribution is 2.22. The van der Waals surface area contributed by atoms with E-state index in [1.165, 1.54) is 0 Å². The van der Waals surface area contributed by atoms with E-state index in [2.05, 4.69) is 38.2 Å². The summed E-state index contributed by atoms with van der Waals surface area (Å²) in [5, 5.41) is 3.87. The van der Waals surface area contributed by atoms with Gasteiger partial charge in [0.1, 0.15) is 5.82 Å². The largest absolute Gasteiger partial charge is 0.383 e. The van der Waals surface area contributed by atoms with Gasteiger partial charge in [-0.2, -0.15) is 0 Å². The van der Waals surface area contributed by atoms with E-state index in [1.807, 2.05) is 6.07 Å². The number of methoxy groups -OCH3 is 1. The summed E-state index contributed by atoms with van der Waals surface area (Å²) in [7, 11) is 3.77. The molecule has 0 aliphatic heterocycles. The van der Waals surface area contributed by atoms with Gasteiger partial charge in [-0.25, -0.2) is 4.98 Å². The number of rotatable bonds is 7. The first-order valence-corrected chi connectivity index (χ1v) is 6.53. The third kappa shape index (κ3) is 5.68. The molecule has 0 fully saturated rings. The molecule has 0 saturated heterocycles. The van der Waals surface area contributed by atoms with Crippen LogP contribution in [0.25, 0.3) is 0 Å². The lowest BCUT2D eigenvalue weighted by atomic mass is 10.4. The van der Waals surface area contributed by atoms with Crippen molar-refractivity contribution in [1.82, 2.24) is 9.88 Å². The molecule has 0 radical (unpaired) electrons. The van der Waals surface area contributed by atoms with Crippen LogP contribution in [-0.4, -0.2) is 50.3 Å². The van der Waals surface area contributed by atoms with E-state index in [-0.39, 0.29) is 0 Å². The van der Waals surface area contributed by atoms with Crippen LogP contribution in [0.3, 0.4) is 0 Å². The molecule has 6 heteroatoms. The topological polar surface area (TPSA) is 37.4 Å². The lowest BCUT2D eigenvalue weighted by Crippen LogP contribution is -2.28. The van der Waals surface area contributed by atoms with Crippen LogP contribution in [0, 0.1) is 0 Å². The number of ether oxygens (including phenoxy) is 1. The second-order valence-electron chi connectivity index (χ2n) is 3.71. The number of aromatic nitrogens is 1. The maximum Gasteiger partial charge on any atom is 0.140 e. The van der Waals surface area contributed by atoms with Crippen molar-refractivity contribution in [3.63, 3.8) is 0 Å². The summed E-state index contributed by atoms with van der Waals surface area (Å²) in [5.41, 5.74) is 0. The summed E-state index contributed by atoms with van der Waals surface area (Å²) < 4.78 is 5.89. The fraction of sp³-hybridized carbons (Fsp3) is 0.545. The van der Waals surface area contributed by atoms with Gasteiger partial charge in [-0.05, 0) is 29.0 Å². The summed E-state index contributed by atoms with van der Waals surface area (Å²) in [4.78, 5) is 6.40. The molecule has 0 saturated carbocycles. The first-order valence-electron chi connectivity index (χ1n) is 5.36. The summed E-state index contributed by atoms with van der Waals surface area (Å²) in [6.45, 7) is 3.43. The van der Waals surface area contributed by atoms with Gasteiger partial charge in [-0.15, -0.1) is 0 Å². The number of halogens is 2. The number of likely N-dealkylation sites (N-methyl/N-ethyl adjacent to an activating group) is 1. The highest BCUT2D eigenvalue weighted by Gasteiger charge is 2.02. The molecule has 0 aliphatic carbocycles. The lowest BCUT2D eigenvalue weighted by Gasteiger charge is -2.16.